The fourth-order valence-electron chi connectivity index (χ4n) is 3.25. The summed E-state index contributed by atoms with van der Waals surface area (Å²) in [5.74, 6) is 2.45. The van der Waals surface area contributed by atoms with Gasteiger partial charge in [0.2, 0.25) is 6.79 Å². The Balaban J connectivity index is 0.000000360. The van der Waals surface area contributed by atoms with Gasteiger partial charge in [0.25, 0.3) is 0 Å². The number of fused-ring (bicyclic) bond motifs is 1. The first-order valence-corrected chi connectivity index (χ1v) is 12.3. The minimum atomic E-state index is -0.743. The van der Waals surface area contributed by atoms with E-state index in [1.165, 1.54) is 43.2 Å². The molecule has 1 aliphatic rings. The van der Waals surface area contributed by atoms with Crippen molar-refractivity contribution in [1.29, 1.82) is 0 Å². The summed E-state index contributed by atoms with van der Waals surface area (Å²) in [6.07, 6.45) is 8.32. The van der Waals surface area contributed by atoms with Crippen LogP contribution in [0.3, 0.4) is 0 Å². The molecule has 3 rings (SSSR count). The minimum Gasteiger partial charge on any atom is -0.454 e. The largest absolute Gasteiger partial charge is 0.454 e. The highest BCUT2D eigenvalue weighted by atomic mass is 32.2. The maximum atomic E-state index is 12.3. The van der Waals surface area contributed by atoms with E-state index < -0.39 is 10.8 Å². The molecule has 29 heavy (non-hydrogen) atoms. The summed E-state index contributed by atoms with van der Waals surface area (Å²) in [5.41, 5.74) is 2.50. The normalized spacial score (nSPS) is 14.0. The van der Waals surface area contributed by atoms with E-state index in [0.717, 1.165) is 30.1 Å². The zero-order chi connectivity index (χ0) is 20.9. The third-order valence-electron chi connectivity index (χ3n) is 5.05. The Kier molecular flexibility index (Phi) is 10.9. The smallest absolute Gasteiger partial charge is 0.231 e. The van der Waals surface area contributed by atoms with Crippen LogP contribution in [-0.2, 0) is 17.2 Å². The Morgan fingerprint density at radius 3 is 2.31 bits per heavy atom. The van der Waals surface area contributed by atoms with E-state index in [-0.39, 0.29) is 5.25 Å². The predicted molar refractivity (Wildman–Crippen MR) is 123 cm³/mol. The van der Waals surface area contributed by atoms with Gasteiger partial charge in [0.1, 0.15) is 0 Å². The first-order valence-electron chi connectivity index (χ1n) is 10.9. The maximum absolute atomic E-state index is 12.3. The van der Waals surface area contributed by atoms with E-state index in [4.69, 9.17) is 9.47 Å². The van der Waals surface area contributed by atoms with Crippen molar-refractivity contribution in [2.75, 3.05) is 12.5 Å². The molecule has 0 bridgehead atoms. The Labute approximate surface area is 179 Å². The average molecular weight is 417 g/mol. The topological polar surface area (TPSA) is 35.5 Å². The van der Waals surface area contributed by atoms with Gasteiger partial charge in [-0.25, -0.2) is 0 Å². The van der Waals surface area contributed by atoms with Crippen LogP contribution in [0.25, 0.3) is 0 Å². The number of hydrogen-bond acceptors (Lipinski definition) is 3. The van der Waals surface area contributed by atoms with Crippen molar-refractivity contribution in [2.24, 2.45) is 0 Å². The van der Waals surface area contributed by atoms with E-state index in [0.29, 0.717) is 6.79 Å². The van der Waals surface area contributed by atoms with Gasteiger partial charge >= 0.3 is 0 Å². The summed E-state index contributed by atoms with van der Waals surface area (Å²) in [5, 5.41) is 0.191. The van der Waals surface area contributed by atoms with E-state index >= 15 is 0 Å². The molecule has 0 aromatic heterocycles. The van der Waals surface area contributed by atoms with Crippen molar-refractivity contribution in [3.05, 3.63) is 59.7 Å². The lowest BCUT2D eigenvalue weighted by Gasteiger charge is -2.12. The molecule has 0 amide bonds. The average Bonchev–Trinajstić information content (AvgIpc) is 3.19. The van der Waals surface area contributed by atoms with Crippen molar-refractivity contribution in [3.63, 3.8) is 0 Å². The summed E-state index contributed by atoms with van der Waals surface area (Å²) >= 11 is 0. The van der Waals surface area contributed by atoms with Gasteiger partial charge in [0, 0.05) is 21.8 Å². The summed E-state index contributed by atoms with van der Waals surface area (Å²) in [4.78, 5) is 0. The van der Waals surface area contributed by atoms with Crippen LogP contribution in [0, 0.1) is 6.92 Å². The molecule has 0 aliphatic carbocycles. The lowest BCUT2D eigenvalue weighted by molar-refractivity contribution is 0.174. The van der Waals surface area contributed by atoms with Crippen LogP contribution < -0.4 is 9.47 Å². The highest BCUT2D eigenvalue weighted by Crippen LogP contribution is 2.33. The lowest BCUT2D eigenvalue weighted by atomic mass is 10.1. The van der Waals surface area contributed by atoms with Gasteiger partial charge in [-0.2, -0.15) is 0 Å². The second-order valence-corrected chi connectivity index (χ2v) is 9.68. The molecule has 1 aliphatic heterocycles. The molecule has 4 heteroatoms. The number of ether oxygens (including phenoxy) is 2. The van der Waals surface area contributed by atoms with Gasteiger partial charge in [0.15, 0.2) is 11.5 Å². The Morgan fingerprint density at radius 2 is 1.62 bits per heavy atom. The van der Waals surface area contributed by atoms with Crippen LogP contribution in [0.2, 0.25) is 0 Å². The second kappa shape index (κ2) is 13.4. The van der Waals surface area contributed by atoms with Gasteiger partial charge in [-0.3, -0.25) is 4.21 Å². The highest BCUT2D eigenvalue weighted by Gasteiger charge is 2.16. The number of benzene rings is 2. The molecule has 0 fully saturated rings. The maximum Gasteiger partial charge on any atom is 0.231 e. The van der Waals surface area contributed by atoms with Crippen LogP contribution in [0.1, 0.15) is 63.5 Å². The quantitative estimate of drug-likeness (QED) is 0.417. The second-order valence-electron chi connectivity index (χ2n) is 7.71. The van der Waals surface area contributed by atoms with Crippen molar-refractivity contribution < 1.29 is 13.7 Å². The lowest BCUT2D eigenvalue weighted by Crippen LogP contribution is -2.16. The number of unbranched alkanes of at least 4 members (excludes halogenated alkanes) is 5. The van der Waals surface area contributed by atoms with Gasteiger partial charge in [-0.1, -0.05) is 87.9 Å². The molecule has 2 aromatic carbocycles. The van der Waals surface area contributed by atoms with Crippen LogP contribution >= 0.6 is 0 Å². The van der Waals surface area contributed by atoms with Crippen LogP contribution in [-0.4, -0.2) is 22.0 Å². The zero-order valence-electron chi connectivity index (χ0n) is 18.2. The molecule has 2 atom stereocenters. The third-order valence-corrected chi connectivity index (χ3v) is 6.80. The van der Waals surface area contributed by atoms with Crippen LogP contribution in [0.4, 0.5) is 0 Å². The molecular weight excluding hydrogens is 380 g/mol. The van der Waals surface area contributed by atoms with Gasteiger partial charge in [-0.15, -0.1) is 0 Å². The Morgan fingerprint density at radius 1 is 0.931 bits per heavy atom. The number of rotatable bonds is 10. The molecule has 0 N–H and O–H groups in total. The first-order chi connectivity index (χ1) is 14.1. The standard InChI is InChI=1S/C18H28O3S.C7H8/c1-3-4-5-6-7-8-11-22(19)15(2)12-16-9-10-17-18(13-16)21-14-20-17;1-7-5-3-2-4-6-7/h9-10,13,15H,3-8,11-12,14H2,1-2H3;2-6H,1H3. The molecular formula is C25H36O3S. The van der Waals surface area contributed by atoms with Gasteiger partial charge < -0.3 is 9.47 Å². The first kappa shape index (κ1) is 23.5. The van der Waals surface area contributed by atoms with Crippen LogP contribution in [0.5, 0.6) is 11.5 Å². The number of aryl methyl sites for hydroxylation is 1. The van der Waals surface area contributed by atoms with Gasteiger partial charge in [0.05, 0.1) is 0 Å². The molecule has 0 saturated carbocycles. The van der Waals surface area contributed by atoms with E-state index in [9.17, 15) is 4.21 Å². The van der Waals surface area contributed by atoms with Gasteiger partial charge in [-0.05, 0) is 37.5 Å². The fraction of sp³-hybridized carbons (Fsp3) is 0.520. The molecule has 2 unspecified atom stereocenters. The fourth-order valence-corrected chi connectivity index (χ4v) is 4.52. The molecule has 0 spiro atoms. The molecule has 0 radical (unpaired) electrons. The molecule has 3 nitrogen and oxygen atoms in total. The van der Waals surface area contributed by atoms with E-state index in [1.54, 1.807) is 0 Å². The SMILES string of the molecule is CCCCCCCCS(=O)C(C)Cc1ccc2c(c1)OCO2.Cc1ccccc1. The van der Waals surface area contributed by atoms with Crippen LogP contribution in [0.15, 0.2) is 48.5 Å². The third kappa shape index (κ3) is 9.03. The monoisotopic (exact) mass is 416 g/mol. The van der Waals surface area contributed by atoms with Crippen molar-refractivity contribution in [2.45, 2.75) is 71.0 Å². The summed E-state index contributed by atoms with van der Waals surface area (Å²) in [7, 11) is -0.743. The van der Waals surface area contributed by atoms with Crippen molar-refractivity contribution in [3.8, 4) is 11.5 Å². The minimum absolute atomic E-state index is 0.191. The highest BCUT2D eigenvalue weighted by molar-refractivity contribution is 7.85. The molecule has 2 aromatic rings. The van der Waals surface area contributed by atoms with E-state index in [1.807, 2.05) is 36.4 Å². The summed E-state index contributed by atoms with van der Waals surface area (Å²) in [6.45, 7) is 6.70. The zero-order valence-corrected chi connectivity index (χ0v) is 19.0. The molecule has 1 heterocycles. The molecule has 160 valence electrons. The predicted octanol–water partition coefficient (Wildman–Crippen LogP) is 6.45. The Bertz CT molecular complexity index is 730. The summed E-state index contributed by atoms with van der Waals surface area (Å²) in [6, 6.07) is 16.3. The number of hydrogen-bond donors (Lipinski definition) is 0. The molecule has 0 saturated heterocycles. The summed E-state index contributed by atoms with van der Waals surface area (Å²) < 4.78 is 23.0. The van der Waals surface area contributed by atoms with Crippen molar-refractivity contribution >= 4 is 10.8 Å². The van der Waals surface area contributed by atoms with Crippen molar-refractivity contribution in [1.82, 2.24) is 0 Å². The van der Waals surface area contributed by atoms with E-state index in [2.05, 4.69) is 32.9 Å². The Hall–Kier alpha value is -1.81.